The number of ether oxygens (including phenoxy) is 1. The quantitative estimate of drug-likeness (QED) is 0.557. The fraction of sp³-hybridized carbons (Fsp3) is 0.444. The van der Waals surface area contributed by atoms with E-state index in [1.165, 1.54) is 0 Å². The monoisotopic (exact) mass is 362 g/mol. The van der Waals surface area contributed by atoms with E-state index in [2.05, 4.69) is 5.32 Å². The average molecular weight is 362 g/mol. The van der Waals surface area contributed by atoms with Crippen LogP contribution in [-0.4, -0.2) is 41.3 Å². The molecular weight excluding hydrogens is 340 g/mol. The summed E-state index contributed by atoms with van der Waals surface area (Å²) in [5.74, 6) is 0.252. The molecule has 0 saturated heterocycles. The highest BCUT2D eigenvalue weighted by Crippen LogP contribution is 2.37. The number of hydrogen-bond acceptors (Lipinski definition) is 6. The van der Waals surface area contributed by atoms with Gasteiger partial charge in [0.15, 0.2) is 5.76 Å². The summed E-state index contributed by atoms with van der Waals surface area (Å²) in [4.78, 5) is 24.1. The number of carbonyl (C=O) groups is 2. The number of amides is 2. The first-order valence-electron chi connectivity index (χ1n) is 8.58. The van der Waals surface area contributed by atoms with E-state index in [0.717, 1.165) is 25.7 Å². The molecule has 1 atom stereocenters. The maximum atomic E-state index is 12.8. The number of carbonyl (C=O) groups excluding carboxylic acids is 2. The van der Waals surface area contributed by atoms with Gasteiger partial charge >= 0.3 is 6.03 Å². The van der Waals surface area contributed by atoms with Crippen molar-refractivity contribution in [3.8, 4) is 5.75 Å². The Morgan fingerprint density at radius 1 is 1.35 bits per heavy atom. The Morgan fingerprint density at radius 3 is 2.73 bits per heavy atom. The summed E-state index contributed by atoms with van der Waals surface area (Å²) in [6, 6.07) is 4.06. The van der Waals surface area contributed by atoms with Gasteiger partial charge in [-0.3, -0.25) is 4.79 Å². The number of Topliss-reactive ketones (excluding diaryl/α,β-unsaturated/α-hetero) is 1. The number of nitrogens with one attached hydrogen (secondary N) is 1. The van der Waals surface area contributed by atoms with Crippen LogP contribution < -0.4 is 15.8 Å². The number of aliphatic hydroxyl groups excluding tert-OH is 2. The minimum Gasteiger partial charge on any atom is -0.491 e. The number of urea groups is 1. The van der Waals surface area contributed by atoms with E-state index < -0.39 is 18.7 Å². The number of furan rings is 1. The zero-order valence-corrected chi connectivity index (χ0v) is 14.2. The summed E-state index contributed by atoms with van der Waals surface area (Å²) < 4.78 is 11.1. The first kappa shape index (κ1) is 18.2. The van der Waals surface area contributed by atoms with Crippen molar-refractivity contribution >= 4 is 28.5 Å². The van der Waals surface area contributed by atoms with Crippen molar-refractivity contribution < 1.29 is 29.0 Å². The van der Waals surface area contributed by atoms with Crippen LogP contribution in [0.25, 0.3) is 11.0 Å². The van der Waals surface area contributed by atoms with Gasteiger partial charge in [0.25, 0.3) is 0 Å². The Kier molecular flexibility index (Phi) is 5.43. The second-order valence-electron chi connectivity index (χ2n) is 6.45. The molecule has 0 spiro atoms. The third kappa shape index (κ3) is 3.81. The van der Waals surface area contributed by atoms with Crippen LogP contribution in [0.4, 0.5) is 10.5 Å². The molecule has 26 heavy (non-hydrogen) atoms. The highest BCUT2D eigenvalue weighted by Gasteiger charge is 2.30. The van der Waals surface area contributed by atoms with E-state index in [9.17, 15) is 14.7 Å². The summed E-state index contributed by atoms with van der Waals surface area (Å²) >= 11 is 0. The lowest BCUT2D eigenvalue weighted by molar-refractivity contribution is 0.0536. The molecule has 140 valence electrons. The summed E-state index contributed by atoms with van der Waals surface area (Å²) in [5.41, 5.74) is 5.88. The normalized spacial score (nSPS) is 15.9. The summed E-state index contributed by atoms with van der Waals surface area (Å²) in [5, 5.41) is 21.2. The van der Waals surface area contributed by atoms with Crippen LogP contribution in [0.3, 0.4) is 0 Å². The highest BCUT2D eigenvalue weighted by molar-refractivity contribution is 6.11. The minimum absolute atomic E-state index is 0.0804. The molecule has 2 aromatic rings. The van der Waals surface area contributed by atoms with Crippen LogP contribution in [0.5, 0.6) is 5.75 Å². The van der Waals surface area contributed by atoms with Gasteiger partial charge in [-0.1, -0.05) is 12.8 Å². The molecule has 1 unspecified atom stereocenters. The number of rotatable bonds is 7. The molecule has 1 fully saturated rings. The number of anilines is 1. The van der Waals surface area contributed by atoms with Gasteiger partial charge in [0.1, 0.15) is 29.7 Å². The first-order valence-corrected chi connectivity index (χ1v) is 8.58. The van der Waals surface area contributed by atoms with Crippen molar-refractivity contribution in [3.63, 3.8) is 0 Å². The number of primary amides is 1. The Labute approximate surface area is 149 Å². The van der Waals surface area contributed by atoms with Gasteiger partial charge in [0.05, 0.1) is 6.61 Å². The molecule has 0 bridgehead atoms. The van der Waals surface area contributed by atoms with Gasteiger partial charge < -0.3 is 30.4 Å². The Morgan fingerprint density at radius 2 is 2.08 bits per heavy atom. The van der Waals surface area contributed by atoms with Crippen molar-refractivity contribution in [1.82, 2.24) is 0 Å². The van der Waals surface area contributed by atoms with E-state index in [1.807, 2.05) is 0 Å². The third-order valence-electron chi connectivity index (χ3n) is 4.51. The van der Waals surface area contributed by atoms with E-state index in [-0.39, 0.29) is 29.8 Å². The molecule has 5 N–H and O–H groups in total. The topological polar surface area (TPSA) is 135 Å². The molecule has 1 aromatic carbocycles. The molecular formula is C18H22N2O6. The fourth-order valence-corrected chi connectivity index (χ4v) is 3.21. The summed E-state index contributed by atoms with van der Waals surface area (Å²) in [6.07, 6.45) is 2.62. The molecule has 1 aliphatic rings. The van der Waals surface area contributed by atoms with Crippen LogP contribution in [-0.2, 0) is 0 Å². The smallest absolute Gasteiger partial charge is 0.316 e. The van der Waals surface area contributed by atoms with Crippen molar-refractivity contribution in [2.24, 2.45) is 11.7 Å². The predicted molar refractivity (Wildman–Crippen MR) is 94.3 cm³/mol. The van der Waals surface area contributed by atoms with Crippen molar-refractivity contribution in [1.29, 1.82) is 0 Å². The predicted octanol–water partition coefficient (Wildman–Crippen LogP) is 2.03. The molecule has 2 amide bonds. The second kappa shape index (κ2) is 7.76. The van der Waals surface area contributed by atoms with Crippen LogP contribution in [0.2, 0.25) is 0 Å². The Bertz CT molecular complexity index is 809. The zero-order chi connectivity index (χ0) is 18.7. The maximum Gasteiger partial charge on any atom is 0.316 e. The number of aliphatic hydroxyl groups is 2. The van der Waals surface area contributed by atoms with Gasteiger partial charge in [0, 0.05) is 17.4 Å². The van der Waals surface area contributed by atoms with Gasteiger partial charge in [-0.05, 0) is 25.0 Å². The molecule has 1 heterocycles. The molecule has 1 saturated carbocycles. The Hall–Kier alpha value is -2.58. The average Bonchev–Trinajstić information content (AvgIpc) is 3.27. The lowest BCUT2D eigenvalue weighted by Gasteiger charge is -2.09. The molecule has 8 heteroatoms. The Balaban J connectivity index is 1.94. The maximum absolute atomic E-state index is 12.8. The third-order valence-corrected chi connectivity index (χ3v) is 4.51. The standard InChI is InChI=1S/C18H22N2O6/c19-18(24)20-15-13-6-5-12(25-9-11(22)8-21)7-14(13)26-17(15)16(23)10-3-1-2-4-10/h5-7,10-11,21-22H,1-4,8-9H2,(H3,19,20,24). The summed E-state index contributed by atoms with van der Waals surface area (Å²) in [7, 11) is 0. The van der Waals surface area contributed by atoms with Crippen molar-refractivity contribution in [2.45, 2.75) is 31.8 Å². The largest absolute Gasteiger partial charge is 0.491 e. The van der Waals surface area contributed by atoms with E-state index >= 15 is 0 Å². The number of ketones is 1. The number of benzene rings is 1. The van der Waals surface area contributed by atoms with Gasteiger partial charge in [-0.2, -0.15) is 0 Å². The molecule has 1 aliphatic carbocycles. The molecule has 8 nitrogen and oxygen atoms in total. The lowest BCUT2D eigenvalue weighted by atomic mass is 9.99. The van der Waals surface area contributed by atoms with E-state index in [0.29, 0.717) is 16.7 Å². The van der Waals surface area contributed by atoms with Crippen LogP contribution in [0.15, 0.2) is 22.6 Å². The lowest BCUT2D eigenvalue weighted by Crippen LogP contribution is -2.21. The molecule has 1 aromatic heterocycles. The van der Waals surface area contributed by atoms with Crippen molar-refractivity contribution in [3.05, 3.63) is 24.0 Å². The molecule has 0 radical (unpaired) electrons. The molecule has 0 aliphatic heterocycles. The number of hydrogen-bond donors (Lipinski definition) is 4. The highest BCUT2D eigenvalue weighted by atomic mass is 16.5. The van der Waals surface area contributed by atoms with Gasteiger partial charge in [0.2, 0.25) is 5.78 Å². The number of fused-ring (bicyclic) bond motifs is 1. The minimum atomic E-state index is -0.992. The van der Waals surface area contributed by atoms with Gasteiger partial charge in [-0.25, -0.2) is 4.79 Å². The van der Waals surface area contributed by atoms with Gasteiger partial charge in [-0.15, -0.1) is 0 Å². The van der Waals surface area contributed by atoms with Crippen LogP contribution >= 0.6 is 0 Å². The first-order chi connectivity index (χ1) is 12.5. The number of nitrogens with two attached hydrogens (primary N) is 1. The summed E-state index contributed by atoms with van der Waals surface area (Å²) in [6.45, 7) is -0.487. The van der Waals surface area contributed by atoms with E-state index in [1.54, 1.807) is 18.2 Å². The SMILES string of the molecule is NC(=O)Nc1c(C(=O)C2CCCC2)oc2cc(OCC(O)CO)ccc12. The zero-order valence-electron chi connectivity index (χ0n) is 14.2. The fourth-order valence-electron chi connectivity index (χ4n) is 3.21. The molecule has 3 rings (SSSR count). The van der Waals surface area contributed by atoms with E-state index in [4.69, 9.17) is 20.0 Å². The van der Waals surface area contributed by atoms with Crippen LogP contribution in [0, 0.1) is 5.92 Å². The van der Waals surface area contributed by atoms with Crippen LogP contribution in [0.1, 0.15) is 36.2 Å². The van der Waals surface area contributed by atoms with Crippen molar-refractivity contribution in [2.75, 3.05) is 18.5 Å². The second-order valence-corrected chi connectivity index (χ2v) is 6.45.